The molecule has 2 rings (SSSR count). The summed E-state index contributed by atoms with van der Waals surface area (Å²) in [5.74, 6) is -0.409. The Morgan fingerprint density at radius 3 is 2.79 bits per heavy atom. The van der Waals surface area contributed by atoms with Crippen molar-refractivity contribution in [3.05, 3.63) is 64.4 Å². The first-order valence-electron chi connectivity index (χ1n) is 5.75. The molecule has 0 fully saturated rings. The van der Waals surface area contributed by atoms with Gasteiger partial charge in [-0.3, -0.25) is 14.6 Å². The van der Waals surface area contributed by atoms with Gasteiger partial charge >= 0.3 is 0 Å². The van der Waals surface area contributed by atoms with Gasteiger partial charge < -0.3 is 0 Å². The smallest absolute Gasteiger partial charge is 0.269 e. The zero-order valence-corrected chi connectivity index (χ0v) is 11.1. The Hall–Kier alpha value is -1.91. The van der Waals surface area contributed by atoms with Crippen LogP contribution in [0, 0.1) is 6.92 Å². The molecule has 1 aromatic heterocycles. The summed E-state index contributed by atoms with van der Waals surface area (Å²) in [5.41, 5.74) is 4.36. The van der Waals surface area contributed by atoms with Crippen LogP contribution in [0.15, 0.2) is 42.6 Å². The molecule has 5 heteroatoms. The first-order chi connectivity index (χ1) is 9.16. The lowest BCUT2D eigenvalue weighted by Gasteiger charge is -2.07. The molecule has 19 heavy (non-hydrogen) atoms. The van der Waals surface area contributed by atoms with E-state index in [4.69, 9.17) is 16.4 Å². The molecule has 1 N–H and O–H groups in total. The number of hydroxylamine groups is 1. The predicted octanol–water partition coefficient (Wildman–Crippen LogP) is 2.91. The fourth-order valence-electron chi connectivity index (χ4n) is 1.51. The molecule has 0 saturated carbocycles. The minimum Gasteiger partial charge on any atom is -0.269 e. The van der Waals surface area contributed by atoms with Crippen LogP contribution in [-0.4, -0.2) is 10.9 Å². The number of hydrogen-bond donors (Lipinski definition) is 1. The summed E-state index contributed by atoms with van der Waals surface area (Å²) in [5, 5.41) is 0.355. The van der Waals surface area contributed by atoms with Crippen LogP contribution in [0.4, 0.5) is 0 Å². The maximum absolute atomic E-state index is 11.8. The molecule has 2 aromatic rings. The monoisotopic (exact) mass is 276 g/mol. The molecule has 4 nitrogen and oxygen atoms in total. The molecular formula is C14H13ClN2O2. The van der Waals surface area contributed by atoms with E-state index in [1.165, 1.54) is 6.20 Å². The zero-order chi connectivity index (χ0) is 13.7. The van der Waals surface area contributed by atoms with E-state index in [9.17, 15) is 4.79 Å². The van der Waals surface area contributed by atoms with Gasteiger partial charge in [0.1, 0.15) is 0 Å². The maximum atomic E-state index is 11.8. The number of carbonyl (C=O) groups excluding carboxylic acids is 1. The Balaban J connectivity index is 1.91. The Bertz CT molecular complexity index is 573. The Labute approximate surface area is 116 Å². The van der Waals surface area contributed by atoms with Gasteiger partial charge in [0.2, 0.25) is 0 Å². The minimum absolute atomic E-state index is 0.292. The molecule has 0 radical (unpaired) electrons. The molecule has 98 valence electrons. The first-order valence-corrected chi connectivity index (χ1v) is 6.13. The lowest BCUT2D eigenvalue weighted by atomic mass is 10.2. The van der Waals surface area contributed by atoms with Gasteiger partial charge in [0.15, 0.2) is 0 Å². The van der Waals surface area contributed by atoms with Crippen LogP contribution in [-0.2, 0) is 11.4 Å². The van der Waals surface area contributed by atoms with Crippen molar-refractivity contribution in [2.24, 2.45) is 0 Å². The van der Waals surface area contributed by atoms with Gasteiger partial charge in [-0.2, -0.15) is 0 Å². The van der Waals surface area contributed by atoms with Gasteiger partial charge in [0.05, 0.1) is 17.2 Å². The highest BCUT2D eigenvalue weighted by atomic mass is 35.5. The molecule has 0 aliphatic rings. The number of nitrogens with one attached hydrogen (secondary N) is 1. The summed E-state index contributed by atoms with van der Waals surface area (Å²) in [6, 6.07) is 11.2. The average Bonchev–Trinajstić information content (AvgIpc) is 2.39. The van der Waals surface area contributed by atoms with Gasteiger partial charge in [-0.15, -0.1) is 0 Å². The number of halogens is 1. The lowest BCUT2D eigenvalue weighted by molar-refractivity contribution is 0.0233. The highest BCUT2D eigenvalue weighted by Gasteiger charge is 2.11. The quantitative estimate of drug-likeness (QED) is 0.874. The van der Waals surface area contributed by atoms with Crippen molar-refractivity contribution < 1.29 is 9.63 Å². The van der Waals surface area contributed by atoms with Crippen molar-refractivity contribution >= 4 is 17.5 Å². The Morgan fingerprint density at radius 1 is 1.37 bits per heavy atom. The van der Waals surface area contributed by atoms with Crippen LogP contribution < -0.4 is 5.48 Å². The van der Waals surface area contributed by atoms with E-state index in [2.05, 4.69) is 10.5 Å². The topological polar surface area (TPSA) is 51.2 Å². The van der Waals surface area contributed by atoms with Gasteiger partial charge in [-0.1, -0.05) is 41.9 Å². The summed E-state index contributed by atoms with van der Waals surface area (Å²) in [6.07, 6.45) is 1.43. The highest BCUT2D eigenvalue weighted by molar-refractivity contribution is 6.33. The van der Waals surface area contributed by atoms with Crippen molar-refractivity contribution in [2.45, 2.75) is 13.5 Å². The summed E-state index contributed by atoms with van der Waals surface area (Å²) >= 11 is 5.96. The SMILES string of the molecule is Cc1cc(Cl)c(C(=O)NOCc2ccccc2)cn1. The second kappa shape index (κ2) is 6.31. The predicted molar refractivity (Wildman–Crippen MR) is 72.7 cm³/mol. The summed E-state index contributed by atoms with van der Waals surface area (Å²) in [4.78, 5) is 21.0. The number of benzene rings is 1. The fraction of sp³-hybridized carbons (Fsp3) is 0.143. The molecule has 0 aliphatic carbocycles. The first kappa shape index (κ1) is 13.5. The number of pyridine rings is 1. The molecule has 0 spiro atoms. The van der Waals surface area contributed by atoms with Crippen LogP contribution in [0.25, 0.3) is 0 Å². The standard InChI is InChI=1S/C14H13ClN2O2/c1-10-7-13(15)12(8-16-10)14(18)17-19-9-11-5-3-2-4-6-11/h2-8H,9H2,1H3,(H,17,18). The molecule has 0 saturated heterocycles. The molecular weight excluding hydrogens is 264 g/mol. The molecule has 0 atom stereocenters. The maximum Gasteiger partial charge on any atom is 0.277 e. The third kappa shape index (κ3) is 3.77. The molecule has 1 amide bonds. The van der Waals surface area contributed by atoms with E-state index in [1.54, 1.807) is 13.0 Å². The Morgan fingerprint density at radius 2 is 2.11 bits per heavy atom. The number of nitrogens with zero attached hydrogens (tertiary/aromatic N) is 1. The largest absolute Gasteiger partial charge is 0.277 e. The summed E-state index contributed by atoms with van der Waals surface area (Å²) < 4.78 is 0. The average molecular weight is 277 g/mol. The number of amides is 1. The fourth-order valence-corrected chi connectivity index (χ4v) is 1.80. The van der Waals surface area contributed by atoms with Crippen molar-refractivity contribution in [3.63, 3.8) is 0 Å². The third-order valence-electron chi connectivity index (χ3n) is 2.48. The van der Waals surface area contributed by atoms with E-state index in [0.717, 1.165) is 11.3 Å². The van der Waals surface area contributed by atoms with E-state index in [-0.39, 0.29) is 0 Å². The molecule has 0 aliphatic heterocycles. The van der Waals surface area contributed by atoms with Crippen molar-refractivity contribution in [1.82, 2.24) is 10.5 Å². The number of carbonyl (C=O) groups is 1. The van der Waals surface area contributed by atoms with E-state index < -0.39 is 5.91 Å². The van der Waals surface area contributed by atoms with Crippen LogP contribution in [0.3, 0.4) is 0 Å². The normalized spacial score (nSPS) is 10.2. The lowest BCUT2D eigenvalue weighted by Crippen LogP contribution is -2.24. The Kier molecular flexibility index (Phi) is 4.49. The summed E-state index contributed by atoms with van der Waals surface area (Å²) in [6.45, 7) is 2.10. The van der Waals surface area contributed by atoms with Crippen LogP contribution in [0.2, 0.25) is 5.02 Å². The number of rotatable bonds is 4. The number of aromatic nitrogens is 1. The van der Waals surface area contributed by atoms with Crippen molar-refractivity contribution in [1.29, 1.82) is 0 Å². The minimum atomic E-state index is -0.409. The zero-order valence-electron chi connectivity index (χ0n) is 10.4. The third-order valence-corrected chi connectivity index (χ3v) is 2.79. The second-order valence-corrected chi connectivity index (χ2v) is 4.42. The van der Waals surface area contributed by atoms with Crippen LogP contribution in [0.1, 0.15) is 21.6 Å². The number of hydrogen-bond acceptors (Lipinski definition) is 3. The van der Waals surface area contributed by atoms with Crippen molar-refractivity contribution in [3.8, 4) is 0 Å². The molecule has 0 unspecified atom stereocenters. The second-order valence-electron chi connectivity index (χ2n) is 4.01. The summed E-state index contributed by atoms with van der Waals surface area (Å²) in [7, 11) is 0. The molecule has 1 heterocycles. The van der Waals surface area contributed by atoms with E-state index in [1.807, 2.05) is 30.3 Å². The van der Waals surface area contributed by atoms with Gasteiger partial charge in [0.25, 0.3) is 5.91 Å². The van der Waals surface area contributed by atoms with Gasteiger partial charge in [0, 0.05) is 11.9 Å². The van der Waals surface area contributed by atoms with E-state index in [0.29, 0.717) is 17.2 Å². The number of aryl methyl sites for hydroxylation is 1. The van der Waals surface area contributed by atoms with Crippen LogP contribution in [0.5, 0.6) is 0 Å². The molecule has 1 aromatic carbocycles. The molecule has 0 bridgehead atoms. The van der Waals surface area contributed by atoms with Gasteiger partial charge in [-0.05, 0) is 18.6 Å². The van der Waals surface area contributed by atoms with Crippen LogP contribution >= 0.6 is 11.6 Å². The van der Waals surface area contributed by atoms with Crippen molar-refractivity contribution in [2.75, 3.05) is 0 Å². The van der Waals surface area contributed by atoms with Gasteiger partial charge in [-0.25, -0.2) is 5.48 Å². The van der Waals surface area contributed by atoms with E-state index >= 15 is 0 Å². The highest BCUT2D eigenvalue weighted by Crippen LogP contribution is 2.15.